The van der Waals surface area contributed by atoms with Crippen molar-refractivity contribution in [1.82, 2.24) is 0 Å². The van der Waals surface area contributed by atoms with Crippen molar-refractivity contribution in [1.29, 1.82) is 0 Å². The van der Waals surface area contributed by atoms with Crippen molar-refractivity contribution in [3.8, 4) is 0 Å². The van der Waals surface area contributed by atoms with Crippen molar-refractivity contribution in [2.75, 3.05) is 5.06 Å². The third-order valence-corrected chi connectivity index (χ3v) is 2.87. The van der Waals surface area contributed by atoms with Gasteiger partial charge in [0.05, 0.1) is 12.2 Å². The van der Waals surface area contributed by atoms with Gasteiger partial charge in [-0.15, -0.1) is 0 Å². The Hall–Kier alpha value is -1.22. The van der Waals surface area contributed by atoms with E-state index in [1.165, 1.54) is 5.06 Å². The number of rotatable bonds is 3. The van der Waals surface area contributed by atoms with E-state index in [9.17, 15) is 5.21 Å². The molecule has 0 fully saturated rings. The first-order valence-corrected chi connectivity index (χ1v) is 5.87. The fraction of sp³-hybridized carbons (Fsp3) is 0.0769. The quantitative estimate of drug-likeness (QED) is 0.834. The third kappa shape index (κ3) is 3.37. The number of benzene rings is 2. The summed E-state index contributed by atoms with van der Waals surface area (Å²) in [7, 11) is 0. The van der Waals surface area contributed by atoms with E-state index in [1.54, 1.807) is 36.4 Å². The second-order valence-electron chi connectivity index (χ2n) is 3.66. The molecule has 0 amide bonds. The Kier molecular flexibility index (Phi) is 3.89. The van der Waals surface area contributed by atoms with Gasteiger partial charge in [0.1, 0.15) is 0 Å². The van der Waals surface area contributed by atoms with Gasteiger partial charge in [0.25, 0.3) is 0 Å². The zero-order chi connectivity index (χ0) is 12.3. The van der Waals surface area contributed by atoms with Gasteiger partial charge in [-0.25, -0.2) is 0 Å². The van der Waals surface area contributed by atoms with Gasteiger partial charge >= 0.3 is 0 Å². The van der Waals surface area contributed by atoms with Crippen molar-refractivity contribution < 1.29 is 5.21 Å². The number of halogens is 2. The highest BCUT2D eigenvalue weighted by molar-refractivity contribution is 6.30. The number of anilines is 1. The lowest BCUT2D eigenvalue weighted by Gasteiger charge is -2.17. The first kappa shape index (κ1) is 12.2. The minimum Gasteiger partial charge on any atom is -0.288 e. The van der Waals surface area contributed by atoms with Crippen LogP contribution in [0.1, 0.15) is 5.56 Å². The van der Waals surface area contributed by atoms with E-state index in [-0.39, 0.29) is 0 Å². The fourth-order valence-electron chi connectivity index (χ4n) is 1.47. The van der Waals surface area contributed by atoms with E-state index in [0.29, 0.717) is 22.3 Å². The maximum absolute atomic E-state index is 9.89. The molecule has 2 aromatic carbocycles. The lowest BCUT2D eigenvalue weighted by Crippen LogP contribution is -2.16. The second-order valence-corrected chi connectivity index (χ2v) is 4.53. The van der Waals surface area contributed by atoms with Gasteiger partial charge in [-0.05, 0) is 42.0 Å². The van der Waals surface area contributed by atoms with Gasteiger partial charge in [0.15, 0.2) is 0 Å². The highest BCUT2D eigenvalue weighted by Crippen LogP contribution is 2.19. The van der Waals surface area contributed by atoms with Crippen molar-refractivity contribution in [2.24, 2.45) is 0 Å². The minimum absolute atomic E-state index is 0.402. The molecule has 0 bridgehead atoms. The Balaban J connectivity index is 2.08. The van der Waals surface area contributed by atoms with Crippen LogP contribution in [0, 0.1) is 0 Å². The minimum atomic E-state index is 0.402. The van der Waals surface area contributed by atoms with E-state index in [1.807, 2.05) is 12.1 Å². The largest absolute Gasteiger partial charge is 0.288 e. The van der Waals surface area contributed by atoms with E-state index >= 15 is 0 Å². The molecule has 2 aromatic rings. The lowest BCUT2D eigenvalue weighted by molar-refractivity contribution is 0.250. The van der Waals surface area contributed by atoms with Crippen LogP contribution >= 0.6 is 23.2 Å². The highest BCUT2D eigenvalue weighted by Gasteiger charge is 2.03. The molecule has 4 heteroatoms. The Morgan fingerprint density at radius 1 is 0.824 bits per heavy atom. The molecular weight excluding hydrogens is 257 g/mol. The summed E-state index contributed by atoms with van der Waals surface area (Å²) in [5, 5.41) is 12.4. The Labute approximate surface area is 110 Å². The predicted molar refractivity (Wildman–Crippen MR) is 70.9 cm³/mol. The smallest absolute Gasteiger partial charge is 0.0703 e. The van der Waals surface area contributed by atoms with E-state index in [2.05, 4.69) is 0 Å². The summed E-state index contributed by atoms with van der Waals surface area (Å²) < 4.78 is 0. The molecule has 88 valence electrons. The summed E-state index contributed by atoms with van der Waals surface area (Å²) in [6, 6.07) is 14.3. The molecular formula is C13H11Cl2NO. The summed E-state index contributed by atoms with van der Waals surface area (Å²) in [6.07, 6.45) is 0. The molecule has 0 aliphatic heterocycles. The van der Waals surface area contributed by atoms with Crippen molar-refractivity contribution in [2.45, 2.75) is 6.54 Å². The molecule has 0 atom stereocenters. The summed E-state index contributed by atoms with van der Waals surface area (Å²) in [4.78, 5) is 0. The molecule has 2 rings (SSSR count). The number of hydroxylamine groups is 1. The third-order valence-electron chi connectivity index (χ3n) is 2.37. The summed E-state index contributed by atoms with van der Waals surface area (Å²) in [5.74, 6) is 0. The zero-order valence-electron chi connectivity index (χ0n) is 8.98. The monoisotopic (exact) mass is 267 g/mol. The van der Waals surface area contributed by atoms with E-state index in [0.717, 1.165) is 5.56 Å². The van der Waals surface area contributed by atoms with E-state index < -0.39 is 0 Å². The van der Waals surface area contributed by atoms with Crippen LogP contribution < -0.4 is 5.06 Å². The summed E-state index contributed by atoms with van der Waals surface area (Å²) in [6.45, 7) is 0.402. The SMILES string of the molecule is ON(Cc1ccc(Cl)cc1)c1ccc(Cl)cc1. The molecule has 0 aliphatic carbocycles. The van der Waals surface area contributed by atoms with E-state index in [4.69, 9.17) is 23.2 Å². The molecule has 0 saturated carbocycles. The molecule has 2 nitrogen and oxygen atoms in total. The Bertz CT molecular complexity index is 482. The molecule has 0 unspecified atom stereocenters. The number of hydrogen-bond acceptors (Lipinski definition) is 2. The van der Waals surface area contributed by atoms with Gasteiger partial charge in [-0.2, -0.15) is 0 Å². The van der Waals surface area contributed by atoms with Crippen LogP contribution in [0.3, 0.4) is 0 Å². The molecule has 0 spiro atoms. The van der Waals surface area contributed by atoms with Crippen molar-refractivity contribution >= 4 is 28.9 Å². The van der Waals surface area contributed by atoms with Crippen LogP contribution in [0.25, 0.3) is 0 Å². The van der Waals surface area contributed by atoms with Crippen LogP contribution in [0.2, 0.25) is 10.0 Å². The average Bonchev–Trinajstić information content (AvgIpc) is 2.33. The average molecular weight is 268 g/mol. The number of nitrogens with zero attached hydrogens (tertiary/aromatic N) is 1. The van der Waals surface area contributed by atoms with Crippen molar-refractivity contribution in [3.63, 3.8) is 0 Å². The topological polar surface area (TPSA) is 23.5 Å². The zero-order valence-corrected chi connectivity index (χ0v) is 10.5. The fourth-order valence-corrected chi connectivity index (χ4v) is 1.72. The van der Waals surface area contributed by atoms with Crippen LogP contribution in [0.15, 0.2) is 48.5 Å². The molecule has 0 radical (unpaired) electrons. The van der Waals surface area contributed by atoms with Gasteiger partial charge in [0.2, 0.25) is 0 Å². The van der Waals surface area contributed by atoms with Crippen LogP contribution in [0.5, 0.6) is 0 Å². The normalized spacial score (nSPS) is 10.3. The molecule has 17 heavy (non-hydrogen) atoms. The predicted octanol–water partition coefficient (Wildman–Crippen LogP) is 4.39. The Morgan fingerprint density at radius 2 is 1.29 bits per heavy atom. The van der Waals surface area contributed by atoms with Crippen LogP contribution in [-0.2, 0) is 6.54 Å². The molecule has 0 aliphatic rings. The van der Waals surface area contributed by atoms with Gasteiger partial charge < -0.3 is 0 Å². The van der Waals surface area contributed by atoms with Crippen LogP contribution in [-0.4, -0.2) is 5.21 Å². The number of hydrogen-bond donors (Lipinski definition) is 1. The molecule has 0 heterocycles. The molecule has 1 N–H and O–H groups in total. The standard InChI is InChI=1S/C13H11Cl2NO/c14-11-3-1-10(2-4-11)9-16(17)13-7-5-12(15)6-8-13/h1-8,17H,9H2. The van der Waals surface area contributed by atoms with Gasteiger partial charge in [-0.3, -0.25) is 10.3 Å². The summed E-state index contributed by atoms with van der Waals surface area (Å²) >= 11 is 11.6. The lowest BCUT2D eigenvalue weighted by atomic mass is 10.2. The van der Waals surface area contributed by atoms with Crippen LogP contribution in [0.4, 0.5) is 5.69 Å². The van der Waals surface area contributed by atoms with Gasteiger partial charge in [-0.1, -0.05) is 35.3 Å². The summed E-state index contributed by atoms with van der Waals surface area (Å²) in [5.41, 5.74) is 1.68. The Morgan fingerprint density at radius 3 is 1.82 bits per heavy atom. The van der Waals surface area contributed by atoms with Gasteiger partial charge in [0, 0.05) is 10.0 Å². The first-order chi connectivity index (χ1) is 8.15. The molecule has 0 aromatic heterocycles. The highest BCUT2D eigenvalue weighted by atomic mass is 35.5. The molecule has 0 saturated heterocycles. The second kappa shape index (κ2) is 5.41. The first-order valence-electron chi connectivity index (χ1n) is 5.11. The maximum atomic E-state index is 9.89. The van der Waals surface area contributed by atoms with Crippen molar-refractivity contribution in [3.05, 3.63) is 64.1 Å². The maximum Gasteiger partial charge on any atom is 0.0703 e.